The van der Waals surface area contributed by atoms with E-state index in [4.69, 9.17) is 11.6 Å². The molecule has 0 fully saturated rings. The van der Waals surface area contributed by atoms with E-state index >= 15 is 0 Å². The maximum Gasteiger partial charge on any atom is 0.103 e. The van der Waals surface area contributed by atoms with Crippen LogP contribution in [0.25, 0.3) is 0 Å². The van der Waals surface area contributed by atoms with E-state index in [9.17, 15) is 0 Å². The molecule has 0 radical (unpaired) electrons. The zero-order valence-corrected chi connectivity index (χ0v) is 5.42. The van der Waals surface area contributed by atoms with Gasteiger partial charge in [0.25, 0.3) is 0 Å². The molecular weight excluding hydrogens is 110 g/mol. The number of halogens is 1. The van der Waals surface area contributed by atoms with Crippen LogP contribution in [-0.2, 0) is 0 Å². The van der Waals surface area contributed by atoms with Gasteiger partial charge in [-0.25, -0.2) is 0 Å². The lowest BCUT2D eigenvalue weighted by molar-refractivity contribution is 0.819. The highest BCUT2D eigenvalue weighted by atomic mass is 35.5. The van der Waals surface area contributed by atoms with Crippen LogP contribution in [0.2, 0.25) is 0 Å². The number of alkyl halides is 1. The van der Waals surface area contributed by atoms with Crippen LogP contribution in [0, 0.1) is 0 Å². The Morgan fingerprint density at radius 1 is 1.86 bits per heavy atom. The number of nitrogens with one attached hydrogen (secondary N) is 1. The summed E-state index contributed by atoms with van der Waals surface area (Å²) in [5, 5.41) is 2.83. The smallest absolute Gasteiger partial charge is 0.103 e. The lowest BCUT2D eigenvalue weighted by Crippen LogP contribution is -2.18. The van der Waals surface area contributed by atoms with Gasteiger partial charge >= 0.3 is 0 Å². The Kier molecular flexibility index (Phi) is 3.05. The highest BCUT2D eigenvalue weighted by Crippen LogP contribution is 1.99. The lowest BCUT2D eigenvalue weighted by Gasteiger charge is -2.03. The maximum atomic E-state index is 5.59. The molecule has 0 rings (SSSR count). The van der Waals surface area contributed by atoms with Gasteiger partial charge in [0.2, 0.25) is 0 Å². The summed E-state index contributed by atoms with van der Waals surface area (Å²) in [6, 6.07) is 0. The van der Waals surface area contributed by atoms with Crippen LogP contribution in [0.3, 0.4) is 0 Å². The molecule has 0 heterocycles. The summed E-state index contributed by atoms with van der Waals surface area (Å²) in [7, 11) is 1.80. The molecule has 42 valence electrons. The van der Waals surface area contributed by atoms with Gasteiger partial charge in [-0.3, -0.25) is 0 Å². The van der Waals surface area contributed by atoms with E-state index in [1.807, 2.05) is 6.92 Å². The molecule has 0 spiro atoms. The van der Waals surface area contributed by atoms with Crippen molar-refractivity contribution in [3.8, 4) is 0 Å². The third kappa shape index (κ3) is 2.66. The predicted octanol–water partition coefficient (Wildman–Crippen LogP) is 1.35. The van der Waals surface area contributed by atoms with Gasteiger partial charge in [-0.15, -0.1) is 11.6 Å². The van der Waals surface area contributed by atoms with Crippen molar-refractivity contribution in [2.75, 3.05) is 7.05 Å². The molecule has 0 bridgehead atoms. The average molecular weight is 120 g/mol. The summed E-state index contributed by atoms with van der Waals surface area (Å²) >= 11 is 5.59. The molecule has 0 aliphatic rings. The van der Waals surface area contributed by atoms with Crippen molar-refractivity contribution in [3.05, 3.63) is 12.2 Å². The van der Waals surface area contributed by atoms with Crippen molar-refractivity contribution in [1.82, 2.24) is 5.32 Å². The molecular formula is C5H10ClN. The molecule has 0 amide bonds. The fourth-order valence-electron chi connectivity index (χ4n) is 0.246. The van der Waals surface area contributed by atoms with E-state index in [2.05, 4.69) is 11.9 Å². The molecule has 0 aromatic heterocycles. The molecule has 1 unspecified atom stereocenters. The van der Waals surface area contributed by atoms with Crippen LogP contribution >= 0.6 is 11.6 Å². The van der Waals surface area contributed by atoms with Crippen LogP contribution in [-0.4, -0.2) is 12.5 Å². The Balaban J connectivity index is 3.34. The topological polar surface area (TPSA) is 12.0 Å². The van der Waals surface area contributed by atoms with Crippen LogP contribution < -0.4 is 5.32 Å². The van der Waals surface area contributed by atoms with Gasteiger partial charge in [0.15, 0.2) is 0 Å². The van der Waals surface area contributed by atoms with E-state index in [-0.39, 0.29) is 5.50 Å². The second-order valence-corrected chi connectivity index (χ2v) is 1.93. The standard InChI is InChI=1S/C5H10ClN/c1-4(2)5(6)7-3/h5,7H,1H2,2-3H3. The molecule has 7 heavy (non-hydrogen) atoms. The quantitative estimate of drug-likeness (QED) is 0.329. The summed E-state index contributed by atoms with van der Waals surface area (Å²) in [6.07, 6.45) is 0. The number of rotatable bonds is 2. The Hall–Kier alpha value is -0.0100. The molecule has 0 saturated heterocycles. The minimum Gasteiger partial charge on any atom is -0.301 e. The third-order valence-corrected chi connectivity index (χ3v) is 1.28. The summed E-state index contributed by atoms with van der Waals surface area (Å²) in [5.41, 5.74) is 0.879. The molecule has 0 aliphatic carbocycles. The second-order valence-electron chi connectivity index (χ2n) is 1.50. The molecule has 1 atom stereocenters. The van der Waals surface area contributed by atoms with Crippen molar-refractivity contribution in [2.24, 2.45) is 0 Å². The monoisotopic (exact) mass is 119 g/mol. The maximum absolute atomic E-state index is 5.59. The second kappa shape index (κ2) is 3.05. The largest absolute Gasteiger partial charge is 0.301 e. The SMILES string of the molecule is C=C(C)C(Cl)NC. The van der Waals surface area contributed by atoms with E-state index in [0.29, 0.717) is 0 Å². The van der Waals surface area contributed by atoms with E-state index in [1.54, 1.807) is 7.05 Å². The van der Waals surface area contributed by atoms with Crippen molar-refractivity contribution in [3.63, 3.8) is 0 Å². The molecule has 1 N–H and O–H groups in total. The van der Waals surface area contributed by atoms with Gasteiger partial charge in [-0.2, -0.15) is 0 Å². The van der Waals surface area contributed by atoms with Gasteiger partial charge in [-0.05, 0) is 19.5 Å². The highest BCUT2D eigenvalue weighted by Gasteiger charge is 1.96. The lowest BCUT2D eigenvalue weighted by atomic mass is 10.3. The van der Waals surface area contributed by atoms with Crippen molar-refractivity contribution in [1.29, 1.82) is 0 Å². The van der Waals surface area contributed by atoms with E-state index in [0.717, 1.165) is 5.57 Å². The van der Waals surface area contributed by atoms with Crippen LogP contribution in [0.15, 0.2) is 12.2 Å². The van der Waals surface area contributed by atoms with Crippen LogP contribution in [0.5, 0.6) is 0 Å². The minimum absolute atomic E-state index is 0.0694. The Bertz CT molecular complexity index is 70.5. The normalized spacial score (nSPS) is 13.6. The van der Waals surface area contributed by atoms with E-state index in [1.165, 1.54) is 0 Å². The third-order valence-electron chi connectivity index (χ3n) is 0.686. The summed E-state index contributed by atoms with van der Waals surface area (Å²) < 4.78 is 0. The molecule has 2 heteroatoms. The van der Waals surface area contributed by atoms with Crippen molar-refractivity contribution in [2.45, 2.75) is 12.4 Å². The minimum atomic E-state index is -0.0694. The first-order chi connectivity index (χ1) is 3.18. The number of hydrogen-bond donors (Lipinski definition) is 1. The van der Waals surface area contributed by atoms with Crippen molar-refractivity contribution >= 4 is 11.6 Å². The predicted molar refractivity (Wildman–Crippen MR) is 33.5 cm³/mol. The number of hydrogen-bond acceptors (Lipinski definition) is 1. The first-order valence-electron chi connectivity index (χ1n) is 2.15. The van der Waals surface area contributed by atoms with Crippen LogP contribution in [0.1, 0.15) is 6.92 Å². The Labute approximate surface area is 49.4 Å². The fraction of sp³-hybridized carbons (Fsp3) is 0.600. The molecule has 0 aromatic carbocycles. The van der Waals surface area contributed by atoms with Gasteiger partial charge in [0.05, 0.1) is 0 Å². The van der Waals surface area contributed by atoms with Crippen molar-refractivity contribution < 1.29 is 0 Å². The zero-order chi connectivity index (χ0) is 5.86. The summed E-state index contributed by atoms with van der Waals surface area (Å²) in [6.45, 7) is 5.51. The van der Waals surface area contributed by atoms with Gasteiger partial charge in [-0.1, -0.05) is 6.58 Å². The van der Waals surface area contributed by atoms with Gasteiger partial charge in [0, 0.05) is 0 Å². The first-order valence-corrected chi connectivity index (χ1v) is 2.59. The molecule has 1 nitrogen and oxygen atoms in total. The zero-order valence-electron chi connectivity index (χ0n) is 4.66. The highest BCUT2D eigenvalue weighted by molar-refractivity contribution is 6.21. The Morgan fingerprint density at radius 2 is 2.29 bits per heavy atom. The fourth-order valence-corrected chi connectivity index (χ4v) is 0.246. The van der Waals surface area contributed by atoms with Gasteiger partial charge in [0.1, 0.15) is 5.50 Å². The summed E-state index contributed by atoms with van der Waals surface area (Å²) in [4.78, 5) is 0. The average Bonchev–Trinajstić information content (AvgIpc) is 1.65. The number of likely N-dealkylation sites (N-methyl/N-ethyl adjacent to an activating group) is 1. The summed E-state index contributed by atoms with van der Waals surface area (Å²) in [5.74, 6) is 0. The molecule has 0 aromatic rings. The Morgan fingerprint density at radius 3 is 2.29 bits per heavy atom. The van der Waals surface area contributed by atoms with Crippen LogP contribution in [0.4, 0.5) is 0 Å². The molecule has 0 saturated carbocycles. The first kappa shape index (κ1) is 6.99. The molecule has 0 aliphatic heterocycles. The van der Waals surface area contributed by atoms with E-state index < -0.39 is 0 Å². The van der Waals surface area contributed by atoms with Gasteiger partial charge < -0.3 is 5.32 Å².